The minimum atomic E-state index is 0.526. The molecule has 0 aliphatic heterocycles. The van der Waals surface area contributed by atoms with Gasteiger partial charge in [0.1, 0.15) is 0 Å². The summed E-state index contributed by atoms with van der Waals surface area (Å²) in [5.74, 6) is 0.526. The summed E-state index contributed by atoms with van der Waals surface area (Å²) < 4.78 is 0. The number of nitrogens with zero attached hydrogens (tertiary/aromatic N) is 2. The first-order valence-electron chi connectivity index (χ1n) is 5.55. The first kappa shape index (κ1) is 12.0. The van der Waals surface area contributed by atoms with Crippen molar-refractivity contribution in [2.45, 2.75) is 20.8 Å². The summed E-state index contributed by atoms with van der Waals surface area (Å²) in [7, 11) is 0. The topological polar surface area (TPSA) is 42.1 Å². The second-order valence-corrected chi connectivity index (χ2v) is 4.03. The van der Waals surface area contributed by atoms with Crippen molar-refractivity contribution in [2.75, 3.05) is 24.5 Å². The fraction of sp³-hybridized carbons (Fsp3) is 0.583. The molecule has 1 unspecified atom stereocenters. The Kier molecular flexibility index (Phi) is 4.56. The molecule has 1 heterocycles. The van der Waals surface area contributed by atoms with E-state index in [1.165, 1.54) is 5.69 Å². The van der Waals surface area contributed by atoms with E-state index < -0.39 is 0 Å². The van der Waals surface area contributed by atoms with E-state index in [2.05, 4.69) is 35.9 Å². The molecule has 0 aliphatic rings. The summed E-state index contributed by atoms with van der Waals surface area (Å²) in [4.78, 5) is 6.54. The highest BCUT2D eigenvalue weighted by molar-refractivity contribution is 5.46. The van der Waals surface area contributed by atoms with Crippen LogP contribution in [-0.2, 0) is 0 Å². The van der Waals surface area contributed by atoms with Crippen molar-refractivity contribution in [1.82, 2.24) is 4.98 Å². The number of rotatable bonds is 5. The molecule has 0 fully saturated rings. The molecular weight excluding hydrogens is 186 g/mol. The molecule has 0 aliphatic carbocycles. The fourth-order valence-corrected chi connectivity index (χ4v) is 1.60. The molecule has 0 bridgehead atoms. The molecule has 0 radical (unpaired) electrons. The highest BCUT2D eigenvalue weighted by Crippen LogP contribution is 2.15. The number of aromatic nitrogens is 1. The van der Waals surface area contributed by atoms with Gasteiger partial charge < -0.3 is 10.6 Å². The third kappa shape index (κ3) is 3.51. The normalized spacial score (nSPS) is 12.5. The highest BCUT2D eigenvalue weighted by Gasteiger charge is 2.08. The molecule has 84 valence electrons. The maximum Gasteiger partial charge on any atom is 0.0399 e. The summed E-state index contributed by atoms with van der Waals surface area (Å²) in [5, 5.41) is 0. The van der Waals surface area contributed by atoms with Crippen molar-refractivity contribution in [3.05, 3.63) is 24.0 Å². The van der Waals surface area contributed by atoms with Crippen molar-refractivity contribution in [3.8, 4) is 0 Å². The van der Waals surface area contributed by atoms with E-state index in [1.54, 1.807) is 0 Å². The Labute approximate surface area is 92.3 Å². The van der Waals surface area contributed by atoms with Crippen LogP contribution in [0, 0.1) is 12.8 Å². The van der Waals surface area contributed by atoms with Gasteiger partial charge in [-0.05, 0) is 38.4 Å². The molecule has 1 atom stereocenters. The summed E-state index contributed by atoms with van der Waals surface area (Å²) in [6.07, 6.45) is 1.86. The summed E-state index contributed by atoms with van der Waals surface area (Å²) in [6, 6.07) is 4.17. The summed E-state index contributed by atoms with van der Waals surface area (Å²) >= 11 is 0. The third-order valence-electron chi connectivity index (χ3n) is 2.56. The van der Waals surface area contributed by atoms with Crippen LogP contribution in [0.5, 0.6) is 0 Å². The molecule has 1 aromatic rings. The molecule has 0 saturated heterocycles. The lowest BCUT2D eigenvalue weighted by atomic mass is 10.1. The Morgan fingerprint density at radius 1 is 1.53 bits per heavy atom. The van der Waals surface area contributed by atoms with Gasteiger partial charge in [-0.1, -0.05) is 6.92 Å². The van der Waals surface area contributed by atoms with Crippen LogP contribution < -0.4 is 10.6 Å². The van der Waals surface area contributed by atoms with Gasteiger partial charge >= 0.3 is 0 Å². The van der Waals surface area contributed by atoms with Gasteiger partial charge in [-0.25, -0.2) is 0 Å². The van der Waals surface area contributed by atoms with Crippen LogP contribution in [-0.4, -0.2) is 24.6 Å². The number of anilines is 1. The van der Waals surface area contributed by atoms with E-state index in [0.29, 0.717) is 5.92 Å². The van der Waals surface area contributed by atoms with Gasteiger partial charge in [0, 0.05) is 30.7 Å². The number of hydrogen-bond donors (Lipinski definition) is 1. The molecule has 1 rings (SSSR count). The van der Waals surface area contributed by atoms with Crippen molar-refractivity contribution in [1.29, 1.82) is 0 Å². The minimum absolute atomic E-state index is 0.526. The van der Waals surface area contributed by atoms with Crippen LogP contribution in [0.15, 0.2) is 18.3 Å². The van der Waals surface area contributed by atoms with Crippen LogP contribution in [0.2, 0.25) is 0 Å². The molecule has 0 aromatic carbocycles. The Balaban J connectivity index is 2.73. The molecule has 0 saturated carbocycles. The predicted molar refractivity (Wildman–Crippen MR) is 65.1 cm³/mol. The minimum Gasteiger partial charge on any atom is -0.371 e. The van der Waals surface area contributed by atoms with Crippen molar-refractivity contribution in [3.63, 3.8) is 0 Å². The highest BCUT2D eigenvalue weighted by atomic mass is 15.1. The van der Waals surface area contributed by atoms with Gasteiger partial charge in [0.2, 0.25) is 0 Å². The van der Waals surface area contributed by atoms with Crippen molar-refractivity contribution < 1.29 is 0 Å². The number of hydrogen-bond acceptors (Lipinski definition) is 3. The molecule has 15 heavy (non-hydrogen) atoms. The van der Waals surface area contributed by atoms with Gasteiger partial charge in [0.25, 0.3) is 0 Å². The first-order chi connectivity index (χ1) is 7.17. The summed E-state index contributed by atoms with van der Waals surface area (Å²) in [5.41, 5.74) is 7.95. The van der Waals surface area contributed by atoms with Crippen LogP contribution in [0.3, 0.4) is 0 Å². The van der Waals surface area contributed by atoms with Crippen LogP contribution >= 0.6 is 0 Å². The Morgan fingerprint density at radius 2 is 2.27 bits per heavy atom. The standard InChI is InChI=1S/C12H21N3/c1-4-15(9-10(2)8-13)12-5-6-14-11(3)7-12/h5-7,10H,4,8-9,13H2,1-3H3. The van der Waals surface area contributed by atoms with Crippen molar-refractivity contribution in [2.24, 2.45) is 11.7 Å². The zero-order chi connectivity index (χ0) is 11.3. The Morgan fingerprint density at radius 3 is 2.80 bits per heavy atom. The molecule has 3 nitrogen and oxygen atoms in total. The molecule has 0 amide bonds. The molecule has 1 aromatic heterocycles. The molecule has 0 spiro atoms. The molecular formula is C12H21N3. The largest absolute Gasteiger partial charge is 0.371 e. The van der Waals surface area contributed by atoms with E-state index in [4.69, 9.17) is 5.73 Å². The van der Waals surface area contributed by atoms with Crippen LogP contribution in [0.4, 0.5) is 5.69 Å². The maximum atomic E-state index is 5.64. The molecule has 2 N–H and O–H groups in total. The predicted octanol–water partition coefficient (Wildman–Crippen LogP) is 1.81. The van der Waals surface area contributed by atoms with E-state index in [1.807, 2.05) is 13.1 Å². The van der Waals surface area contributed by atoms with Crippen LogP contribution in [0.1, 0.15) is 19.5 Å². The number of nitrogens with two attached hydrogens (primary N) is 1. The first-order valence-corrected chi connectivity index (χ1v) is 5.55. The fourth-order valence-electron chi connectivity index (χ4n) is 1.60. The van der Waals surface area contributed by atoms with Gasteiger partial charge in [0.15, 0.2) is 0 Å². The lowest BCUT2D eigenvalue weighted by molar-refractivity contribution is 0.576. The SMILES string of the molecule is CCN(CC(C)CN)c1ccnc(C)c1. The zero-order valence-corrected chi connectivity index (χ0v) is 9.90. The smallest absolute Gasteiger partial charge is 0.0399 e. The monoisotopic (exact) mass is 207 g/mol. The van der Waals surface area contributed by atoms with E-state index >= 15 is 0 Å². The lowest BCUT2D eigenvalue weighted by Gasteiger charge is -2.26. The number of aryl methyl sites for hydroxylation is 1. The van der Waals surface area contributed by atoms with E-state index in [9.17, 15) is 0 Å². The Hall–Kier alpha value is -1.09. The van der Waals surface area contributed by atoms with Crippen molar-refractivity contribution >= 4 is 5.69 Å². The third-order valence-corrected chi connectivity index (χ3v) is 2.56. The lowest BCUT2D eigenvalue weighted by Crippen LogP contribution is -2.31. The maximum absolute atomic E-state index is 5.64. The van der Waals surface area contributed by atoms with Gasteiger partial charge in [-0.15, -0.1) is 0 Å². The Bertz CT molecular complexity index is 299. The van der Waals surface area contributed by atoms with E-state index in [0.717, 1.165) is 25.3 Å². The average molecular weight is 207 g/mol. The van der Waals surface area contributed by atoms with Crippen LogP contribution in [0.25, 0.3) is 0 Å². The number of pyridine rings is 1. The quantitative estimate of drug-likeness (QED) is 0.800. The van der Waals surface area contributed by atoms with E-state index in [-0.39, 0.29) is 0 Å². The van der Waals surface area contributed by atoms with Gasteiger partial charge in [-0.2, -0.15) is 0 Å². The van der Waals surface area contributed by atoms with Gasteiger partial charge in [-0.3, -0.25) is 4.98 Å². The zero-order valence-electron chi connectivity index (χ0n) is 9.90. The van der Waals surface area contributed by atoms with Gasteiger partial charge in [0.05, 0.1) is 0 Å². The second-order valence-electron chi connectivity index (χ2n) is 4.03. The molecule has 3 heteroatoms. The average Bonchev–Trinajstić information content (AvgIpc) is 2.25. The summed E-state index contributed by atoms with van der Waals surface area (Å²) in [6.45, 7) is 9.12. The second kappa shape index (κ2) is 5.71.